The van der Waals surface area contributed by atoms with E-state index < -0.39 is 15.4 Å². The second kappa shape index (κ2) is 11.8. The summed E-state index contributed by atoms with van der Waals surface area (Å²) in [6.45, 7) is 2.74. The van der Waals surface area contributed by atoms with Gasteiger partial charge in [-0.1, -0.05) is 42.5 Å². The van der Waals surface area contributed by atoms with Crippen molar-refractivity contribution >= 4 is 48.6 Å². The molecule has 10 heteroatoms. The summed E-state index contributed by atoms with van der Waals surface area (Å²) in [6.07, 6.45) is 3.75. The van der Waals surface area contributed by atoms with Crippen molar-refractivity contribution < 1.29 is 13.2 Å². The molecule has 2 fully saturated rings. The maximum atomic E-state index is 13.5. The average molecular weight is 525 g/mol. The Kier molecular flexibility index (Phi) is 9.91. The molecule has 0 radical (unpaired) electrons. The molecule has 0 unspecified atom stereocenters. The number of hydrogen-bond acceptors (Lipinski definition) is 5. The molecular weight excluding hydrogens is 488 g/mol. The molecule has 0 aromatic heterocycles. The lowest BCUT2D eigenvalue weighted by molar-refractivity contribution is -0.124. The Balaban J connectivity index is 0.00000204. The highest BCUT2D eigenvalue weighted by atomic mass is 32.2. The number of likely N-dealkylation sites (N-methyl/N-ethyl adjacent to an activating group) is 1. The first-order valence-corrected chi connectivity index (χ1v) is 13.0. The lowest BCUT2D eigenvalue weighted by Gasteiger charge is -2.27. The summed E-state index contributed by atoms with van der Waals surface area (Å²) in [5.41, 5.74) is 1.84. The van der Waals surface area contributed by atoms with Crippen LogP contribution in [-0.2, 0) is 20.2 Å². The van der Waals surface area contributed by atoms with Crippen LogP contribution in [0.5, 0.6) is 0 Å². The number of likely N-dealkylation sites (tertiary alicyclic amines) is 1. The van der Waals surface area contributed by atoms with Gasteiger partial charge in [-0.15, -0.1) is 0 Å². The van der Waals surface area contributed by atoms with Crippen LogP contribution >= 0.6 is 27.0 Å². The van der Waals surface area contributed by atoms with E-state index in [4.69, 9.17) is 0 Å². The lowest BCUT2D eigenvalue weighted by Crippen LogP contribution is -2.42. The van der Waals surface area contributed by atoms with Gasteiger partial charge in [-0.3, -0.25) is 14.4 Å². The molecule has 2 atom stereocenters. The predicted octanol–water partition coefficient (Wildman–Crippen LogP) is 2.47. The monoisotopic (exact) mass is 524 g/mol. The van der Waals surface area contributed by atoms with Crippen LogP contribution in [-0.4, -0.2) is 58.2 Å². The molecule has 0 bridgehead atoms. The van der Waals surface area contributed by atoms with E-state index in [1.54, 1.807) is 18.2 Å². The molecule has 1 saturated carbocycles. The first kappa shape index (κ1) is 28.5. The highest BCUT2D eigenvalue weighted by Gasteiger charge is 2.51. The number of nitrogens with one attached hydrogen (secondary N) is 3. The summed E-state index contributed by atoms with van der Waals surface area (Å²) in [5.74, 6) is 0.00669. The fourth-order valence-corrected chi connectivity index (χ4v) is 5.13. The fourth-order valence-electron chi connectivity index (χ4n) is 4.57. The number of carbonyl (C=O) groups excluding carboxylic acids is 1. The van der Waals surface area contributed by atoms with Crippen molar-refractivity contribution in [3.8, 4) is 0 Å². The number of amides is 1. The molecule has 2 aromatic carbocycles. The zero-order chi connectivity index (χ0) is 22.8. The van der Waals surface area contributed by atoms with E-state index >= 15 is 0 Å². The molecule has 188 valence electrons. The summed E-state index contributed by atoms with van der Waals surface area (Å²) < 4.78 is 25.8. The van der Waals surface area contributed by atoms with Gasteiger partial charge in [0.1, 0.15) is 0 Å². The summed E-state index contributed by atoms with van der Waals surface area (Å²) in [4.78, 5) is 15.9. The van der Waals surface area contributed by atoms with Crippen LogP contribution in [0, 0.1) is 0 Å². The summed E-state index contributed by atoms with van der Waals surface area (Å²) >= 11 is 0. The molecular formula is C24H36N4O3S3. The molecule has 2 aromatic rings. The van der Waals surface area contributed by atoms with Crippen molar-refractivity contribution in [3.05, 3.63) is 65.7 Å². The Hall–Kier alpha value is -1.72. The Labute approximate surface area is 217 Å². The molecule has 7 nitrogen and oxygen atoms in total. The molecule has 1 aliphatic heterocycles. The van der Waals surface area contributed by atoms with Gasteiger partial charge in [0.2, 0.25) is 15.9 Å². The predicted molar refractivity (Wildman–Crippen MR) is 148 cm³/mol. The molecule has 3 N–H and O–H groups in total. The van der Waals surface area contributed by atoms with E-state index in [1.807, 2.05) is 31.3 Å². The Bertz CT molecular complexity index is 1060. The number of carbonyl (C=O) groups is 1. The zero-order valence-electron chi connectivity index (χ0n) is 19.7. The second-order valence-electron chi connectivity index (χ2n) is 9.01. The van der Waals surface area contributed by atoms with Crippen LogP contribution in [0.25, 0.3) is 0 Å². The number of anilines is 1. The molecule has 2 aliphatic rings. The first-order chi connectivity index (χ1) is 15.3. The Morgan fingerprint density at radius 3 is 2.41 bits per heavy atom. The topological polar surface area (TPSA) is 90.5 Å². The normalized spacial score (nSPS) is 19.9. The van der Waals surface area contributed by atoms with E-state index in [2.05, 4.69) is 32.4 Å². The van der Waals surface area contributed by atoms with Crippen molar-refractivity contribution in [3.63, 3.8) is 0 Å². The van der Waals surface area contributed by atoms with Crippen LogP contribution < -0.4 is 15.4 Å². The van der Waals surface area contributed by atoms with Crippen LogP contribution in [0.1, 0.15) is 36.4 Å². The fraction of sp³-hybridized carbons (Fsp3) is 0.458. The minimum Gasteiger partial charge on any atom is -0.347 e. The van der Waals surface area contributed by atoms with E-state index in [0.717, 1.165) is 56.3 Å². The molecule has 1 aliphatic carbocycles. The van der Waals surface area contributed by atoms with Crippen molar-refractivity contribution in [1.82, 2.24) is 15.5 Å². The number of benzene rings is 2. The molecule has 1 saturated heterocycles. The minimum atomic E-state index is -3.38. The van der Waals surface area contributed by atoms with Crippen molar-refractivity contribution in [2.75, 3.05) is 37.7 Å². The molecule has 34 heavy (non-hydrogen) atoms. The largest absolute Gasteiger partial charge is 0.347 e. The highest BCUT2D eigenvalue weighted by Crippen LogP contribution is 2.49. The third-order valence-corrected chi connectivity index (χ3v) is 7.14. The van der Waals surface area contributed by atoms with Gasteiger partial charge in [-0.05, 0) is 56.1 Å². The standard InChI is InChI=1S/C24H32N4O3S.2H2S/c1-25-21-11-14-28(16-21)17-22(18-7-4-3-5-8-18)26-23(29)24(12-13-24)19-9-6-10-20(15-19)27-32(2,30)31;;/h3-10,15,21-22,25,27H,11-14,16-17H2,1-2H3,(H,26,29);2*1H2/t21-,22+;;/m0../s1. The van der Waals surface area contributed by atoms with Crippen molar-refractivity contribution in [2.45, 2.75) is 36.8 Å². The lowest BCUT2D eigenvalue weighted by atomic mass is 9.93. The molecule has 1 amide bonds. The van der Waals surface area contributed by atoms with Gasteiger partial charge in [-0.2, -0.15) is 27.0 Å². The van der Waals surface area contributed by atoms with E-state index in [9.17, 15) is 13.2 Å². The Morgan fingerprint density at radius 1 is 1.12 bits per heavy atom. The first-order valence-electron chi connectivity index (χ1n) is 11.1. The van der Waals surface area contributed by atoms with Crippen molar-refractivity contribution in [2.24, 2.45) is 0 Å². The van der Waals surface area contributed by atoms with Gasteiger partial charge >= 0.3 is 0 Å². The molecule has 1 heterocycles. The number of rotatable bonds is 9. The summed E-state index contributed by atoms with van der Waals surface area (Å²) in [6, 6.07) is 17.7. The average Bonchev–Trinajstić information content (AvgIpc) is 3.46. The summed E-state index contributed by atoms with van der Waals surface area (Å²) in [5, 5.41) is 6.67. The van der Waals surface area contributed by atoms with Crippen LogP contribution in [0.2, 0.25) is 0 Å². The van der Waals surface area contributed by atoms with Crippen LogP contribution in [0.3, 0.4) is 0 Å². The van der Waals surface area contributed by atoms with Crippen LogP contribution in [0.15, 0.2) is 54.6 Å². The van der Waals surface area contributed by atoms with Gasteiger partial charge in [0, 0.05) is 24.8 Å². The van der Waals surface area contributed by atoms with E-state index in [0.29, 0.717) is 11.7 Å². The van der Waals surface area contributed by atoms with Gasteiger partial charge < -0.3 is 10.6 Å². The third-order valence-electron chi connectivity index (χ3n) is 6.53. The highest BCUT2D eigenvalue weighted by molar-refractivity contribution is 7.92. The van der Waals surface area contributed by atoms with Crippen molar-refractivity contribution in [1.29, 1.82) is 0 Å². The zero-order valence-corrected chi connectivity index (χ0v) is 22.5. The van der Waals surface area contributed by atoms with Gasteiger partial charge in [-0.25, -0.2) is 8.42 Å². The smallest absolute Gasteiger partial charge is 0.231 e. The third kappa shape index (κ3) is 6.91. The number of sulfonamides is 1. The quantitative estimate of drug-likeness (QED) is 0.469. The van der Waals surface area contributed by atoms with Crippen LogP contribution in [0.4, 0.5) is 5.69 Å². The molecule has 0 spiro atoms. The summed E-state index contributed by atoms with van der Waals surface area (Å²) in [7, 11) is -1.38. The molecule has 4 rings (SSSR count). The second-order valence-corrected chi connectivity index (χ2v) is 10.8. The maximum absolute atomic E-state index is 13.5. The van der Waals surface area contributed by atoms with E-state index in [1.165, 1.54) is 0 Å². The maximum Gasteiger partial charge on any atom is 0.231 e. The minimum absolute atomic E-state index is 0. The van der Waals surface area contributed by atoms with Gasteiger partial charge in [0.05, 0.1) is 17.7 Å². The number of hydrogen-bond donors (Lipinski definition) is 3. The van der Waals surface area contributed by atoms with Gasteiger partial charge in [0.25, 0.3) is 0 Å². The number of nitrogens with zero attached hydrogens (tertiary/aromatic N) is 1. The SMILES string of the molecule is CN[C@H]1CCN(C[C@@H](NC(=O)C2(c3cccc(NS(C)(=O)=O)c3)CC2)c2ccccc2)C1.S.S. The van der Waals surface area contributed by atoms with Gasteiger partial charge in [0.15, 0.2) is 0 Å². The van der Waals surface area contributed by atoms with E-state index in [-0.39, 0.29) is 38.9 Å². The Morgan fingerprint density at radius 2 is 1.82 bits per heavy atom.